The number of anilines is 1. The Morgan fingerprint density at radius 2 is 2.00 bits per heavy atom. The average Bonchev–Trinajstić information content (AvgIpc) is 3.00. The second kappa shape index (κ2) is 6.19. The van der Waals surface area contributed by atoms with Gasteiger partial charge in [0.1, 0.15) is 18.5 Å². The summed E-state index contributed by atoms with van der Waals surface area (Å²) in [6.45, 7) is 5.81. The summed E-state index contributed by atoms with van der Waals surface area (Å²) in [4.78, 5) is 13.0. The standard InChI is InChI=1S/C13H17ClN6/c14-12-2-1-3-16-13(12)19-7-4-18(5-8-19)6-9-20-11-15-10-17-20/h1-3,10-11H,4-9H2. The maximum Gasteiger partial charge on any atom is 0.147 e. The van der Waals surface area contributed by atoms with Gasteiger partial charge in [-0.2, -0.15) is 5.10 Å². The molecule has 2 aromatic heterocycles. The first kappa shape index (κ1) is 13.3. The molecule has 0 N–H and O–H groups in total. The van der Waals surface area contributed by atoms with Gasteiger partial charge in [-0.3, -0.25) is 9.58 Å². The minimum Gasteiger partial charge on any atom is -0.353 e. The Morgan fingerprint density at radius 3 is 2.70 bits per heavy atom. The summed E-state index contributed by atoms with van der Waals surface area (Å²) in [6, 6.07) is 3.75. The molecule has 3 rings (SSSR count). The Balaban J connectivity index is 1.51. The number of halogens is 1. The normalized spacial score (nSPS) is 16.6. The smallest absolute Gasteiger partial charge is 0.147 e. The number of hydrogen-bond donors (Lipinski definition) is 0. The van der Waals surface area contributed by atoms with Crippen LogP contribution in [0.1, 0.15) is 0 Å². The predicted molar refractivity (Wildman–Crippen MR) is 77.9 cm³/mol. The fourth-order valence-electron chi connectivity index (χ4n) is 2.39. The number of nitrogens with zero attached hydrogens (tertiary/aromatic N) is 6. The van der Waals surface area contributed by atoms with Crippen molar-refractivity contribution in [3.63, 3.8) is 0 Å². The molecular formula is C13H17ClN6. The van der Waals surface area contributed by atoms with Crippen LogP contribution in [-0.2, 0) is 6.54 Å². The van der Waals surface area contributed by atoms with Crippen LogP contribution in [0.3, 0.4) is 0 Å². The van der Waals surface area contributed by atoms with Crippen LogP contribution in [0.2, 0.25) is 5.02 Å². The molecular weight excluding hydrogens is 276 g/mol. The molecule has 0 atom stereocenters. The molecule has 106 valence electrons. The first-order chi connectivity index (χ1) is 9.83. The second-order valence-corrected chi connectivity index (χ2v) is 5.20. The van der Waals surface area contributed by atoms with Gasteiger partial charge in [-0.1, -0.05) is 11.6 Å². The van der Waals surface area contributed by atoms with Gasteiger partial charge < -0.3 is 4.90 Å². The first-order valence-electron chi connectivity index (χ1n) is 6.73. The zero-order valence-electron chi connectivity index (χ0n) is 11.2. The largest absolute Gasteiger partial charge is 0.353 e. The number of aromatic nitrogens is 4. The van der Waals surface area contributed by atoms with E-state index < -0.39 is 0 Å². The van der Waals surface area contributed by atoms with E-state index in [1.807, 2.05) is 16.8 Å². The Hall–Kier alpha value is -1.66. The molecule has 3 heterocycles. The lowest BCUT2D eigenvalue weighted by Crippen LogP contribution is -2.47. The van der Waals surface area contributed by atoms with Crippen molar-refractivity contribution in [1.29, 1.82) is 0 Å². The molecule has 7 heteroatoms. The molecule has 1 saturated heterocycles. The molecule has 0 aliphatic carbocycles. The quantitative estimate of drug-likeness (QED) is 0.846. The molecule has 0 amide bonds. The van der Waals surface area contributed by atoms with Crippen LogP contribution in [0.4, 0.5) is 5.82 Å². The SMILES string of the molecule is Clc1cccnc1N1CCN(CCn2cncn2)CC1. The number of rotatable bonds is 4. The summed E-state index contributed by atoms with van der Waals surface area (Å²) in [5.74, 6) is 0.894. The van der Waals surface area contributed by atoms with Gasteiger partial charge in [0.2, 0.25) is 0 Å². The van der Waals surface area contributed by atoms with E-state index in [9.17, 15) is 0 Å². The van der Waals surface area contributed by atoms with Crippen molar-refractivity contribution >= 4 is 17.4 Å². The van der Waals surface area contributed by atoms with Gasteiger partial charge in [0.25, 0.3) is 0 Å². The topological polar surface area (TPSA) is 50.1 Å². The summed E-state index contributed by atoms with van der Waals surface area (Å²) in [5, 5.41) is 4.84. The Kier molecular flexibility index (Phi) is 4.13. The van der Waals surface area contributed by atoms with Gasteiger partial charge in [-0.15, -0.1) is 0 Å². The van der Waals surface area contributed by atoms with Crippen molar-refractivity contribution in [3.05, 3.63) is 36.0 Å². The third kappa shape index (κ3) is 3.08. The molecule has 0 spiro atoms. The van der Waals surface area contributed by atoms with Crippen LogP contribution in [-0.4, -0.2) is 57.4 Å². The highest BCUT2D eigenvalue weighted by molar-refractivity contribution is 6.32. The van der Waals surface area contributed by atoms with Crippen LogP contribution < -0.4 is 4.90 Å². The van der Waals surface area contributed by atoms with Crippen molar-refractivity contribution in [2.24, 2.45) is 0 Å². The van der Waals surface area contributed by atoms with Crippen LogP contribution in [0.25, 0.3) is 0 Å². The summed E-state index contributed by atoms with van der Waals surface area (Å²) in [6.07, 6.45) is 5.11. The summed E-state index contributed by atoms with van der Waals surface area (Å²) < 4.78 is 1.86. The molecule has 1 fully saturated rings. The van der Waals surface area contributed by atoms with Crippen LogP contribution in [0.15, 0.2) is 31.0 Å². The molecule has 2 aromatic rings. The maximum atomic E-state index is 6.19. The molecule has 6 nitrogen and oxygen atoms in total. The zero-order chi connectivity index (χ0) is 13.8. The van der Waals surface area contributed by atoms with Crippen molar-refractivity contribution < 1.29 is 0 Å². The van der Waals surface area contributed by atoms with E-state index >= 15 is 0 Å². The Labute approximate surface area is 123 Å². The fourth-order valence-corrected chi connectivity index (χ4v) is 2.63. The Bertz CT molecular complexity index is 536. The van der Waals surface area contributed by atoms with E-state index in [4.69, 9.17) is 11.6 Å². The van der Waals surface area contributed by atoms with Crippen molar-refractivity contribution in [3.8, 4) is 0 Å². The van der Waals surface area contributed by atoms with E-state index in [2.05, 4.69) is 24.9 Å². The number of pyridine rings is 1. The lowest BCUT2D eigenvalue weighted by atomic mass is 10.3. The van der Waals surface area contributed by atoms with Gasteiger partial charge in [0, 0.05) is 38.9 Å². The highest BCUT2D eigenvalue weighted by Crippen LogP contribution is 2.23. The molecule has 20 heavy (non-hydrogen) atoms. The predicted octanol–water partition coefficient (Wildman–Crippen LogP) is 1.15. The van der Waals surface area contributed by atoms with Crippen LogP contribution in [0, 0.1) is 0 Å². The molecule has 0 radical (unpaired) electrons. The zero-order valence-corrected chi connectivity index (χ0v) is 11.9. The van der Waals surface area contributed by atoms with Gasteiger partial charge in [-0.05, 0) is 12.1 Å². The fraction of sp³-hybridized carbons (Fsp3) is 0.462. The van der Waals surface area contributed by atoms with Crippen LogP contribution >= 0.6 is 11.6 Å². The molecule has 1 aliphatic heterocycles. The van der Waals surface area contributed by atoms with E-state index in [1.54, 1.807) is 18.9 Å². The maximum absolute atomic E-state index is 6.19. The van der Waals surface area contributed by atoms with E-state index in [0.29, 0.717) is 0 Å². The highest BCUT2D eigenvalue weighted by atomic mass is 35.5. The van der Waals surface area contributed by atoms with Gasteiger partial charge in [-0.25, -0.2) is 9.97 Å². The summed E-state index contributed by atoms with van der Waals surface area (Å²) in [5.41, 5.74) is 0. The minimum absolute atomic E-state index is 0.726. The molecule has 1 aliphatic rings. The van der Waals surface area contributed by atoms with Gasteiger partial charge in [0.15, 0.2) is 0 Å². The molecule has 0 bridgehead atoms. The average molecular weight is 293 g/mol. The molecule has 0 aromatic carbocycles. The highest BCUT2D eigenvalue weighted by Gasteiger charge is 2.19. The number of piperazine rings is 1. The lowest BCUT2D eigenvalue weighted by Gasteiger charge is -2.35. The first-order valence-corrected chi connectivity index (χ1v) is 7.11. The van der Waals surface area contributed by atoms with Crippen molar-refractivity contribution in [1.82, 2.24) is 24.6 Å². The summed E-state index contributed by atoms with van der Waals surface area (Å²) in [7, 11) is 0. The minimum atomic E-state index is 0.726. The van der Waals surface area contributed by atoms with Gasteiger partial charge in [0.05, 0.1) is 11.6 Å². The molecule has 0 saturated carbocycles. The third-order valence-electron chi connectivity index (χ3n) is 3.52. The lowest BCUT2D eigenvalue weighted by molar-refractivity contribution is 0.244. The van der Waals surface area contributed by atoms with E-state index in [1.165, 1.54) is 0 Å². The monoisotopic (exact) mass is 292 g/mol. The second-order valence-electron chi connectivity index (χ2n) is 4.80. The number of hydrogen-bond acceptors (Lipinski definition) is 5. The van der Waals surface area contributed by atoms with Crippen molar-refractivity contribution in [2.45, 2.75) is 6.54 Å². The van der Waals surface area contributed by atoms with Crippen LogP contribution in [0.5, 0.6) is 0 Å². The third-order valence-corrected chi connectivity index (χ3v) is 3.82. The molecule has 0 unspecified atom stereocenters. The Morgan fingerprint density at radius 1 is 1.15 bits per heavy atom. The van der Waals surface area contributed by atoms with Crippen molar-refractivity contribution in [2.75, 3.05) is 37.6 Å². The summed E-state index contributed by atoms with van der Waals surface area (Å²) >= 11 is 6.19. The van der Waals surface area contributed by atoms with E-state index in [-0.39, 0.29) is 0 Å². The van der Waals surface area contributed by atoms with Gasteiger partial charge >= 0.3 is 0 Å². The van der Waals surface area contributed by atoms with E-state index in [0.717, 1.165) is 50.1 Å².